The van der Waals surface area contributed by atoms with Gasteiger partial charge in [-0.1, -0.05) is 42.5 Å². The van der Waals surface area contributed by atoms with E-state index in [-0.39, 0.29) is 18.1 Å². The van der Waals surface area contributed by atoms with Crippen LogP contribution in [0.15, 0.2) is 53.4 Å². The minimum absolute atomic E-state index is 0.127. The minimum atomic E-state index is -3.25. The van der Waals surface area contributed by atoms with E-state index in [0.717, 1.165) is 16.7 Å². The van der Waals surface area contributed by atoms with Gasteiger partial charge < -0.3 is 4.74 Å². The van der Waals surface area contributed by atoms with E-state index >= 15 is 0 Å². The molecular formula is C20H24O4S. The van der Waals surface area contributed by atoms with Crippen molar-refractivity contribution in [3.8, 4) is 0 Å². The van der Waals surface area contributed by atoms with Gasteiger partial charge in [-0.3, -0.25) is 4.79 Å². The molecule has 0 unspecified atom stereocenters. The second-order valence-corrected chi connectivity index (χ2v) is 8.06. The number of esters is 1. The summed E-state index contributed by atoms with van der Waals surface area (Å²) in [6.45, 7) is 3.98. The fourth-order valence-corrected chi connectivity index (χ4v) is 4.27. The highest BCUT2D eigenvalue weighted by Gasteiger charge is 2.16. The van der Waals surface area contributed by atoms with Crippen LogP contribution in [-0.2, 0) is 32.2 Å². The molecule has 2 aromatic rings. The van der Waals surface area contributed by atoms with Crippen LogP contribution >= 0.6 is 0 Å². The van der Waals surface area contributed by atoms with Gasteiger partial charge in [0.1, 0.15) is 0 Å². The topological polar surface area (TPSA) is 60.4 Å². The van der Waals surface area contributed by atoms with Crippen molar-refractivity contribution in [2.75, 3.05) is 12.4 Å². The molecule has 0 aliphatic carbocycles. The summed E-state index contributed by atoms with van der Waals surface area (Å²) in [6.07, 6.45) is 1.51. The van der Waals surface area contributed by atoms with Crippen LogP contribution in [0.2, 0.25) is 0 Å². The third-order valence-electron chi connectivity index (χ3n) is 3.98. The molecule has 2 rings (SSSR count). The largest absolute Gasteiger partial charge is 0.466 e. The minimum Gasteiger partial charge on any atom is -0.466 e. The summed E-state index contributed by atoms with van der Waals surface area (Å²) in [6, 6.07) is 14.7. The first kappa shape index (κ1) is 19.2. The highest BCUT2D eigenvalue weighted by molar-refractivity contribution is 7.91. The molecule has 134 valence electrons. The Hall–Kier alpha value is -2.14. The SMILES string of the molecule is CCOC(=O)Cc1ccc(CCCS(=O)(=O)c2ccccc2C)cc1. The number of carbonyl (C=O) groups excluding carboxylic acids is 1. The molecule has 0 aromatic heterocycles. The van der Waals surface area contributed by atoms with Crippen molar-refractivity contribution in [2.45, 2.75) is 38.0 Å². The lowest BCUT2D eigenvalue weighted by Crippen LogP contribution is -2.09. The van der Waals surface area contributed by atoms with Crippen LogP contribution in [0.3, 0.4) is 0 Å². The van der Waals surface area contributed by atoms with E-state index in [1.807, 2.05) is 43.3 Å². The van der Waals surface area contributed by atoms with Gasteiger partial charge in [-0.2, -0.15) is 0 Å². The lowest BCUT2D eigenvalue weighted by Gasteiger charge is -2.08. The summed E-state index contributed by atoms with van der Waals surface area (Å²) in [7, 11) is -3.25. The molecule has 0 amide bonds. The van der Waals surface area contributed by atoms with Crippen LogP contribution in [-0.4, -0.2) is 26.7 Å². The fraction of sp³-hybridized carbons (Fsp3) is 0.350. The predicted octanol–water partition coefficient (Wildman–Crippen LogP) is 3.51. The first-order valence-electron chi connectivity index (χ1n) is 8.44. The number of ether oxygens (including phenoxy) is 1. The van der Waals surface area contributed by atoms with Crippen molar-refractivity contribution in [3.05, 3.63) is 65.2 Å². The molecule has 0 N–H and O–H groups in total. The molecule has 0 fully saturated rings. The van der Waals surface area contributed by atoms with Gasteiger partial charge in [0.05, 0.1) is 23.7 Å². The zero-order chi connectivity index (χ0) is 18.3. The monoisotopic (exact) mass is 360 g/mol. The first-order chi connectivity index (χ1) is 11.9. The van der Waals surface area contributed by atoms with E-state index in [2.05, 4.69) is 0 Å². The van der Waals surface area contributed by atoms with Gasteiger partial charge in [-0.05, 0) is 49.4 Å². The summed E-state index contributed by atoms with van der Waals surface area (Å²) in [4.78, 5) is 11.9. The molecule has 0 aliphatic heterocycles. The number of aryl methyl sites for hydroxylation is 2. The van der Waals surface area contributed by atoms with Crippen molar-refractivity contribution in [3.63, 3.8) is 0 Å². The van der Waals surface area contributed by atoms with Gasteiger partial charge in [0.2, 0.25) is 0 Å². The van der Waals surface area contributed by atoms with Crippen LogP contribution in [0.4, 0.5) is 0 Å². The predicted molar refractivity (Wildman–Crippen MR) is 98.3 cm³/mol. The van der Waals surface area contributed by atoms with Crippen molar-refractivity contribution in [1.29, 1.82) is 0 Å². The van der Waals surface area contributed by atoms with E-state index in [4.69, 9.17) is 4.74 Å². The molecule has 0 bridgehead atoms. The van der Waals surface area contributed by atoms with Gasteiger partial charge in [-0.25, -0.2) is 8.42 Å². The second-order valence-electron chi connectivity index (χ2n) is 5.99. The van der Waals surface area contributed by atoms with Crippen LogP contribution < -0.4 is 0 Å². The molecule has 0 spiro atoms. The molecule has 2 aromatic carbocycles. The molecule has 4 nitrogen and oxygen atoms in total. The highest BCUT2D eigenvalue weighted by atomic mass is 32.2. The molecule has 25 heavy (non-hydrogen) atoms. The lowest BCUT2D eigenvalue weighted by atomic mass is 10.1. The van der Waals surface area contributed by atoms with Crippen molar-refractivity contribution >= 4 is 15.8 Å². The van der Waals surface area contributed by atoms with E-state index in [0.29, 0.717) is 24.3 Å². The maximum absolute atomic E-state index is 12.4. The molecule has 0 radical (unpaired) electrons. The summed E-state index contributed by atoms with van der Waals surface area (Å²) < 4.78 is 29.8. The van der Waals surface area contributed by atoms with Gasteiger partial charge in [0.15, 0.2) is 9.84 Å². The Kier molecular flexibility index (Phi) is 6.76. The highest BCUT2D eigenvalue weighted by Crippen LogP contribution is 2.17. The number of sulfone groups is 1. The van der Waals surface area contributed by atoms with Gasteiger partial charge in [0, 0.05) is 0 Å². The third-order valence-corrected chi connectivity index (χ3v) is 5.94. The Labute approximate surface area is 149 Å². The smallest absolute Gasteiger partial charge is 0.310 e. The van der Waals surface area contributed by atoms with Gasteiger partial charge in [0.25, 0.3) is 0 Å². The van der Waals surface area contributed by atoms with Gasteiger partial charge in [-0.15, -0.1) is 0 Å². The number of rotatable bonds is 8. The average Bonchev–Trinajstić information content (AvgIpc) is 2.57. The molecule has 0 aliphatic rings. The summed E-state index contributed by atoms with van der Waals surface area (Å²) in [5.74, 6) is -0.109. The quantitative estimate of drug-likeness (QED) is 0.676. The third kappa shape index (κ3) is 5.71. The molecule has 5 heteroatoms. The van der Waals surface area contributed by atoms with Crippen molar-refractivity contribution in [1.82, 2.24) is 0 Å². The Morgan fingerprint density at radius 1 is 1.00 bits per heavy atom. The Morgan fingerprint density at radius 2 is 1.64 bits per heavy atom. The van der Waals surface area contributed by atoms with Crippen LogP contribution in [0.5, 0.6) is 0 Å². The summed E-state index contributed by atoms with van der Waals surface area (Å²) >= 11 is 0. The maximum atomic E-state index is 12.4. The molecular weight excluding hydrogens is 336 g/mol. The van der Waals surface area contributed by atoms with Crippen LogP contribution in [0.1, 0.15) is 30.0 Å². The van der Waals surface area contributed by atoms with Crippen molar-refractivity contribution < 1.29 is 17.9 Å². The number of carbonyl (C=O) groups is 1. The van der Waals surface area contributed by atoms with Crippen LogP contribution in [0.25, 0.3) is 0 Å². The normalized spacial score (nSPS) is 11.3. The average molecular weight is 360 g/mol. The fourth-order valence-electron chi connectivity index (χ4n) is 2.68. The Balaban J connectivity index is 1.89. The van der Waals surface area contributed by atoms with Gasteiger partial charge >= 0.3 is 5.97 Å². The number of hydrogen-bond donors (Lipinski definition) is 0. The standard InChI is InChI=1S/C20H24O4S/c1-3-24-20(21)15-18-12-10-17(11-13-18)8-6-14-25(22,23)19-9-5-4-7-16(19)2/h4-5,7,9-13H,3,6,8,14-15H2,1-2H3. The van der Waals surface area contributed by atoms with Crippen molar-refractivity contribution in [2.24, 2.45) is 0 Å². The van der Waals surface area contributed by atoms with E-state index in [1.165, 1.54) is 0 Å². The Morgan fingerprint density at radius 3 is 2.28 bits per heavy atom. The number of hydrogen-bond acceptors (Lipinski definition) is 4. The van der Waals surface area contributed by atoms with E-state index < -0.39 is 9.84 Å². The Bertz CT molecular complexity index is 808. The van der Waals surface area contributed by atoms with E-state index in [9.17, 15) is 13.2 Å². The second kappa shape index (κ2) is 8.81. The zero-order valence-electron chi connectivity index (χ0n) is 14.7. The molecule has 0 saturated carbocycles. The summed E-state index contributed by atoms with van der Waals surface area (Å²) in [5.41, 5.74) is 2.74. The first-order valence-corrected chi connectivity index (χ1v) is 10.1. The number of benzene rings is 2. The lowest BCUT2D eigenvalue weighted by molar-refractivity contribution is -0.142. The zero-order valence-corrected chi connectivity index (χ0v) is 15.5. The molecule has 0 atom stereocenters. The van der Waals surface area contributed by atoms with Crippen LogP contribution in [0, 0.1) is 6.92 Å². The molecule has 0 heterocycles. The summed E-state index contributed by atoms with van der Waals surface area (Å²) in [5, 5.41) is 0. The maximum Gasteiger partial charge on any atom is 0.310 e. The van der Waals surface area contributed by atoms with E-state index in [1.54, 1.807) is 19.1 Å². The molecule has 0 saturated heterocycles.